The summed E-state index contributed by atoms with van der Waals surface area (Å²) in [5.41, 5.74) is 7.11. The highest BCUT2D eigenvalue weighted by Crippen LogP contribution is 2.16. The summed E-state index contributed by atoms with van der Waals surface area (Å²) in [6.07, 6.45) is 3.92. The van der Waals surface area contributed by atoms with Crippen LogP contribution in [0.5, 0.6) is 0 Å². The van der Waals surface area contributed by atoms with Crippen molar-refractivity contribution in [3.05, 3.63) is 71.3 Å². The Labute approximate surface area is 160 Å². The molecule has 5 nitrogen and oxygen atoms in total. The molecule has 0 saturated carbocycles. The van der Waals surface area contributed by atoms with Crippen LogP contribution in [0.15, 0.2) is 59.7 Å². The largest absolute Gasteiger partial charge is 0.326 e. The van der Waals surface area contributed by atoms with Crippen LogP contribution in [0, 0.1) is 13.8 Å². The Morgan fingerprint density at radius 3 is 2.41 bits per heavy atom. The summed E-state index contributed by atoms with van der Waals surface area (Å²) in [4.78, 5) is 23.9. The van der Waals surface area contributed by atoms with Gasteiger partial charge in [-0.15, -0.1) is 0 Å². The van der Waals surface area contributed by atoms with Crippen LogP contribution in [-0.2, 0) is 9.59 Å². The number of rotatable bonds is 7. The minimum Gasteiger partial charge on any atom is -0.326 e. The molecule has 27 heavy (non-hydrogen) atoms. The highest BCUT2D eigenvalue weighted by atomic mass is 16.2. The molecule has 5 heteroatoms. The summed E-state index contributed by atoms with van der Waals surface area (Å²) in [6.45, 7) is 5.74. The summed E-state index contributed by atoms with van der Waals surface area (Å²) >= 11 is 0. The second-order valence-corrected chi connectivity index (χ2v) is 6.40. The van der Waals surface area contributed by atoms with E-state index in [0.717, 1.165) is 22.4 Å². The lowest BCUT2D eigenvalue weighted by molar-refractivity contribution is -0.124. The number of anilines is 1. The summed E-state index contributed by atoms with van der Waals surface area (Å²) in [6, 6.07) is 15.6. The van der Waals surface area contributed by atoms with Crippen molar-refractivity contribution in [1.29, 1.82) is 0 Å². The minimum absolute atomic E-state index is 0.0793. The molecule has 0 atom stereocenters. The topological polar surface area (TPSA) is 70.6 Å². The van der Waals surface area contributed by atoms with Gasteiger partial charge in [-0.05, 0) is 44.0 Å². The lowest BCUT2D eigenvalue weighted by atomic mass is 10.1. The lowest BCUT2D eigenvalue weighted by Crippen LogP contribution is -2.21. The van der Waals surface area contributed by atoms with Crippen LogP contribution >= 0.6 is 0 Å². The van der Waals surface area contributed by atoms with Gasteiger partial charge in [0.25, 0.3) is 0 Å². The van der Waals surface area contributed by atoms with E-state index in [9.17, 15) is 9.59 Å². The van der Waals surface area contributed by atoms with Crippen LogP contribution in [-0.4, -0.2) is 17.5 Å². The third kappa shape index (κ3) is 7.28. The molecule has 0 heterocycles. The predicted octanol–water partition coefficient (Wildman–Crippen LogP) is 4.23. The first-order valence-corrected chi connectivity index (χ1v) is 8.87. The number of carbonyl (C=O) groups excluding carboxylic acids is 2. The van der Waals surface area contributed by atoms with E-state index in [1.165, 1.54) is 0 Å². The van der Waals surface area contributed by atoms with E-state index in [-0.39, 0.29) is 24.7 Å². The first kappa shape index (κ1) is 20.1. The van der Waals surface area contributed by atoms with Gasteiger partial charge in [0.15, 0.2) is 0 Å². The smallest absolute Gasteiger partial charge is 0.240 e. The monoisotopic (exact) mass is 363 g/mol. The molecule has 0 aliphatic heterocycles. The van der Waals surface area contributed by atoms with E-state index in [1.54, 1.807) is 6.92 Å². The number of allylic oxidation sites excluding steroid dienone is 1. The van der Waals surface area contributed by atoms with Crippen molar-refractivity contribution in [3.8, 4) is 0 Å². The standard InChI is InChI=1S/C22H25N3O2/c1-16-9-12-20(17(2)15-16)23-21(26)13-14-22(27)25-24-18(3)10-11-19-7-5-4-6-8-19/h4-12,15H,13-14H2,1-3H3,(H,23,26)(H,25,27)/b11-10+,24-18-. The molecule has 0 radical (unpaired) electrons. The molecule has 0 unspecified atom stereocenters. The molecule has 0 aliphatic rings. The normalized spacial score (nSPS) is 11.4. The number of nitrogens with one attached hydrogen (secondary N) is 2. The van der Waals surface area contributed by atoms with E-state index in [4.69, 9.17) is 0 Å². The number of carbonyl (C=O) groups is 2. The van der Waals surface area contributed by atoms with E-state index < -0.39 is 0 Å². The van der Waals surface area contributed by atoms with E-state index in [0.29, 0.717) is 5.71 Å². The first-order chi connectivity index (χ1) is 12.9. The minimum atomic E-state index is -0.293. The zero-order chi connectivity index (χ0) is 19.6. The van der Waals surface area contributed by atoms with Crippen molar-refractivity contribution >= 4 is 29.3 Å². The van der Waals surface area contributed by atoms with Gasteiger partial charge in [-0.2, -0.15) is 5.10 Å². The third-order valence-electron chi connectivity index (χ3n) is 3.91. The fourth-order valence-corrected chi connectivity index (χ4v) is 2.42. The van der Waals surface area contributed by atoms with Gasteiger partial charge in [0, 0.05) is 18.5 Å². The van der Waals surface area contributed by atoms with Gasteiger partial charge in [-0.3, -0.25) is 9.59 Å². The van der Waals surface area contributed by atoms with E-state index in [2.05, 4.69) is 15.8 Å². The Balaban J connectivity index is 1.76. The van der Waals surface area contributed by atoms with Crippen LogP contribution in [0.3, 0.4) is 0 Å². The molecule has 2 aromatic carbocycles. The van der Waals surface area contributed by atoms with E-state index in [1.807, 2.05) is 74.5 Å². The fourth-order valence-electron chi connectivity index (χ4n) is 2.42. The van der Waals surface area contributed by atoms with E-state index >= 15 is 0 Å². The maximum Gasteiger partial charge on any atom is 0.240 e. The molecule has 2 amide bonds. The number of aryl methyl sites for hydroxylation is 2. The second kappa shape index (κ2) is 10.1. The number of hydrogen-bond acceptors (Lipinski definition) is 3. The highest BCUT2D eigenvalue weighted by Gasteiger charge is 2.08. The number of amides is 2. The predicted molar refractivity (Wildman–Crippen MR) is 111 cm³/mol. The van der Waals surface area contributed by atoms with Gasteiger partial charge in [-0.25, -0.2) is 5.43 Å². The molecule has 0 saturated heterocycles. The molecule has 0 aromatic heterocycles. The van der Waals surface area contributed by atoms with Crippen LogP contribution < -0.4 is 10.7 Å². The van der Waals surface area contributed by atoms with Gasteiger partial charge < -0.3 is 5.32 Å². The van der Waals surface area contributed by atoms with Crippen molar-refractivity contribution < 1.29 is 9.59 Å². The molecule has 0 spiro atoms. The fraction of sp³-hybridized carbons (Fsp3) is 0.227. The maximum atomic E-state index is 12.0. The van der Waals surface area contributed by atoms with Crippen molar-refractivity contribution in [2.24, 2.45) is 5.10 Å². The van der Waals surface area contributed by atoms with Gasteiger partial charge >= 0.3 is 0 Å². The Morgan fingerprint density at radius 2 is 1.70 bits per heavy atom. The Kier molecular flexibility index (Phi) is 7.49. The Morgan fingerprint density at radius 1 is 1.00 bits per heavy atom. The molecule has 0 bridgehead atoms. The lowest BCUT2D eigenvalue weighted by Gasteiger charge is -2.08. The molecule has 2 aromatic rings. The van der Waals surface area contributed by atoms with Crippen molar-refractivity contribution in [3.63, 3.8) is 0 Å². The van der Waals surface area contributed by atoms with Crippen molar-refractivity contribution in [2.75, 3.05) is 5.32 Å². The number of nitrogens with zero attached hydrogens (tertiary/aromatic N) is 1. The van der Waals surface area contributed by atoms with Crippen LogP contribution in [0.25, 0.3) is 6.08 Å². The Hall–Kier alpha value is -3.21. The number of benzene rings is 2. The molecule has 0 aliphatic carbocycles. The molecule has 140 valence electrons. The number of hydrazone groups is 1. The van der Waals surface area contributed by atoms with Crippen LogP contribution in [0.1, 0.15) is 36.5 Å². The summed E-state index contributed by atoms with van der Waals surface area (Å²) in [7, 11) is 0. The molecule has 0 fully saturated rings. The van der Waals surface area contributed by atoms with Crippen molar-refractivity contribution in [1.82, 2.24) is 5.43 Å². The summed E-state index contributed by atoms with van der Waals surface area (Å²) in [5, 5.41) is 6.85. The SMILES string of the molecule is CC(/C=C/c1ccccc1)=N/NC(=O)CCC(=O)Nc1ccc(C)cc1C. The van der Waals surface area contributed by atoms with Gasteiger partial charge in [0.1, 0.15) is 0 Å². The zero-order valence-electron chi connectivity index (χ0n) is 16.0. The maximum absolute atomic E-state index is 12.0. The first-order valence-electron chi connectivity index (χ1n) is 8.87. The quantitative estimate of drug-likeness (QED) is 0.571. The molecule has 2 rings (SSSR count). The average molecular weight is 363 g/mol. The molecular weight excluding hydrogens is 338 g/mol. The van der Waals surface area contributed by atoms with Gasteiger partial charge in [0.2, 0.25) is 11.8 Å². The highest BCUT2D eigenvalue weighted by molar-refractivity contribution is 5.97. The third-order valence-corrected chi connectivity index (χ3v) is 3.91. The van der Waals surface area contributed by atoms with Crippen LogP contribution in [0.2, 0.25) is 0 Å². The second-order valence-electron chi connectivity index (χ2n) is 6.40. The molecule has 2 N–H and O–H groups in total. The summed E-state index contributed by atoms with van der Waals surface area (Å²) in [5.74, 6) is -0.486. The molecular formula is C22H25N3O2. The van der Waals surface area contributed by atoms with Gasteiger partial charge in [-0.1, -0.05) is 54.1 Å². The average Bonchev–Trinajstić information content (AvgIpc) is 2.66. The summed E-state index contributed by atoms with van der Waals surface area (Å²) < 4.78 is 0. The zero-order valence-corrected chi connectivity index (χ0v) is 16.0. The van der Waals surface area contributed by atoms with Gasteiger partial charge in [0.05, 0.1) is 5.71 Å². The van der Waals surface area contributed by atoms with Crippen LogP contribution in [0.4, 0.5) is 5.69 Å². The number of hydrogen-bond donors (Lipinski definition) is 2. The van der Waals surface area contributed by atoms with Crippen molar-refractivity contribution in [2.45, 2.75) is 33.6 Å². The Bertz CT molecular complexity index is 855.